The summed E-state index contributed by atoms with van der Waals surface area (Å²) in [5, 5.41) is 0. The molecule has 0 bridgehead atoms. The molecule has 24 heavy (non-hydrogen) atoms. The number of hydrogen-bond donors (Lipinski definition) is 0. The zero-order valence-corrected chi connectivity index (χ0v) is 14.8. The lowest BCUT2D eigenvalue weighted by Gasteiger charge is -2.37. The van der Waals surface area contributed by atoms with Crippen molar-refractivity contribution in [1.29, 1.82) is 0 Å². The first-order chi connectivity index (χ1) is 11.4. The molecule has 0 saturated heterocycles. The van der Waals surface area contributed by atoms with E-state index in [2.05, 4.69) is 51.6 Å². The van der Waals surface area contributed by atoms with Crippen LogP contribution in [0.4, 0.5) is 11.4 Å². The molecule has 1 amide bonds. The Bertz CT molecular complexity index is 770. The number of carbonyl (C=O) groups is 1. The molecular formula is C22H25NO. The molecule has 1 aliphatic heterocycles. The van der Waals surface area contributed by atoms with Crippen molar-refractivity contribution in [2.24, 2.45) is 5.92 Å². The Kier molecular flexibility index (Phi) is 4.31. The molecule has 0 aliphatic carbocycles. The quantitative estimate of drug-likeness (QED) is 0.694. The van der Waals surface area contributed by atoms with Gasteiger partial charge in [-0.2, -0.15) is 0 Å². The number of benzene rings is 2. The first-order valence-electron chi connectivity index (χ1n) is 8.55. The number of carbonyl (C=O) groups excluding carboxylic acids is 1. The van der Waals surface area contributed by atoms with Crippen molar-refractivity contribution in [1.82, 2.24) is 0 Å². The second-order valence-electron chi connectivity index (χ2n) is 7.49. The molecule has 2 aromatic rings. The van der Waals surface area contributed by atoms with E-state index in [4.69, 9.17) is 0 Å². The van der Waals surface area contributed by atoms with E-state index in [0.29, 0.717) is 6.42 Å². The fraction of sp³-hybridized carbons (Fsp3) is 0.318. The lowest BCUT2D eigenvalue weighted by molar-refractivity contribution is -0.121. The molecule has 2 nitrogen and oxygen atoms in total. The molecule has 2 heteroatoms. The highest BCUT2D eigenvalue weighted by Gasteiger charge is 2.35. The van der Waals surface area contributed by atoms with Gasteiger partial charge in [-0.3, -0.25) is 9.69 Å². The highest BCUT2D eigenvalue weighted by molar-refractivity contribution is 6.05. The summed E-state index contributed by atoms with van der Waals surface area (Å²) in [6, 6.07) is 16.5. The van der Waals surface area contributed by atoms with Gasteiger partial charge in [-0.05, 0) is 41.5 Å². The van der Waals surface area contributed by atoms with Crippen molar-refractivity contribution >= 4 is 17.3 Å². The van der Waals surface area contributed by atoms with Crippen LogP contribution in [0.25, 0.3) is 0 Å². The Morgan fingerprint density at radius 3 is 2.38 bits per heavy atom. The van der Waals surface area contributed by atoms with Crippen LogP contribution in [0.3, 0.4) is 0 Å². The van der Waals surface area contributed by atoms with Crippen LogP contribution >= 0.6 is 0 Å². The Labute approximate surface area is 144 Å². The summed E-state index contributed by atoms with van der Waals surface area (Å²) in [6.45, 7) is 10.4. The molecule has 1 heterocycles. The number of anilines is 2. The van der Waals surface area contributed by atoms with Gasteiger partial charge in [0.1, 0.15) is 0 Å². The normalized spacial score (nSPS) is 17.5. The molecule has 3 rings (SSSR count). The third-order valence-corrected chi connectivity index (χ3v) is 4.67. The second-order valence-corrected chi connectivity index (χ2v) is 7.49. The highest BCUT2D eigenvalue weighted by Crippen LogP contribution is 2.41. The van der Waals surface area contributed by atoms with Crippen LogP contribution in [0.15, 0.2) is 61.2 Å². The largest absolute Gasteiger partial charge is 0.280 e. The summed E-state index contributed by atoms with van der Waals surface area (Å²) in [5.74, 6) is 0.135. The van der Waals surface area contributed by atoms with Gasteiger partial charge in [0.15, 0.2) is 0 Å². The Morgan fingerprint density at radius 2 is 1.71 bits per heavy atom. The third kappa shape index (κ3) is 2.89. The fourth-order valence-corrected chi connectivity index (χ4v) is 3.49. The minimum atomic E-state index is -0.0366. The van der Waals surface area contributed by atoms with Crippen LogP contribution in [-0.2, 0) is 16.6 Å². The van der Waals surface area contributed by atoms with Gasteiger partial charge in [0.2, 0.25) is 5.91 Å². The average Bonchev–Trinajstić information content (AvgIpc) is 2.55. The van der Waals surface area contributed by atoms with Gasteiger partial charge in [0.25, 0.3) is 0 Å². The zero-order chi connectivity index (χ0) is 17.3. The van der Waals surface area contributed by atoms with E-state index < -0.39 is 0 Å². The molecule has 0 N–H and O–H groups in total. The van der Waals surface area contributed by atoms with Gasteiger partial charge >= 0.3 is 0 Å². The molecule has 0 aromatic heterocycles. The first kappa shape index (κ1) is 16.5. The number of para-hydroxylation sites is 2. The SMILES string of the molecule is C=CC[C@@H]1Cc2ccccc2N(c2ccccc2C(C)(C)C)C1=O. The predicted molar refractivity (Wildman–Crippen MR) is 101 cm³/mol. The minimum absolute atomic E-state index is 0.0306. The van der Waals surface area contributed by atoms with Gasteiger partial charge < -0.3 is 0 Å². The van der Waals surface area contributed by atoms with Gasteiger partial charge in [-0.1, -0.05) is 63.2 Å². The first-order valence-corrected chi connectivity index (χ1v) is 8.55. The minimum Gasteiger partial charge on any atom is -0.280 e. The van der Waals surface area contributed by atoms with Crippen LogP contribution in [0.5, 0.6) is 0 Å². The number of nitrogens with zero attached hydrogens (tertiary/aromatic N) is 1. The molecule has 0 spiro atoms. The Hall–Kier alpha value is -2.35. The lowest BCUT2D eigenvalue weighted by Crippen LogP contribution is -2.39. The van der Waals surface area contributed by atoms with E-state index in [1.165, 1.54) is 11.1 Å². The van der Waals surface area contributed by atoms with Crippen LogP contribution in [0, 0.1) is 5.92 Å². The average molecular weight is 319 g/mol. The maximum atomic E-state index is 13.2. The van der Waals surface area contributed by atoms with Crippen LogP contribution in [0.1, 0.15) is 38.3 Å². The molecule has 1 aliphatic rings. The number of rotatable bonds is 3. The number of hydrogen-bond acceptors (Lipinski definition) is 1. The summed E-state index contributed by atoms with van der Waals surface area (Å²) in [4.78, 5) is 15.2. The van der Waals surface area contributed by atoms with Crippen molar-refractivity contribution in [3.05, 3.63) is 72.3 Å². The van der Waals surface area contributed by atoms with Gasteiger partial charge in [0.05, 0.1) is 11.4 Å². The second kappa shape index (κ2) is 6.27. The van der Waals surface area contributed by atoms with E-state index in [0.717, 1.165) is 17.8 Å². The molecule has 0 fully saturated rings. The molecule has 0 radical (unpaired) electrons. The maximum absolute atomic E-state index is 13.2. The highest BCUT2D eigenvalue weighted by atomic mass is 16.2. The fourth-order valence-electron chi connectivity index (χ4n) is 3.49. The summed E-state index contributed by atoms with van der Waals surface area (Å²) in [5.41, 5.74) is 4.40. The summed E-state index contributed by atoms with van der Waals surface area (Å²) < 4.78 is 0. The van der Waals surface area contributed by atoms with Crippen molar-refractivity contribution in [3.8, 4) is 0 Å². The van der Waals surface area contributed by atoms with Gasteiger partial charge in [-0.15, -0.1) is 6.58 Å². The molecule has 2 aromatic carbocycles. The van der Waals surface area contributed by atoms with Crippen LogP contribution in [0.2, 0.25) is 0 Å². The monoisotopic (exact) mass is 319 g/mol. The van der Waals surface area contributed by atoms with Crippen LogP contribution in [-0.4, -0.2) is 5.91 Å². The van der Waals surface area contributed by atoms with Gasteiger partial charge in [-0.25, -0.2) is 0 Å². The van der Waals surface area contributed by atoms with Gasteiger partial charge in [0, 0.05) is 5.92 Å². The Balaban J connectivity index is 2.19. The van der Waals surface area contributed by atoms with Crippen molar-refractivity contribution in [2.45, 2.75) is 39.0 Å². The van der Waals surface area contributed by atoms with E-state index in [1.807, 2.05) is 35.2 Å². The van der Waals surface area contributed by atoms with Crippen molar-refractivity contribution in [3.63, 3.8) is 0 Å². The molecule has 0 unspecified atom stereocenters. The number of allylic oxidation sites excluding steroid dienone is 1. The topological polar surface area (TPSA) is 20.3 Å². The van der Waals surface area contributed by atoms with E-state index in [9.17, 15) is 4.79 Å². The number of fused-ring (bicyclic) bond motifs is 1. The van der Waals surface area contributed by atoms with E-state index in [-0.39, 0.29) is 17.2 Å². The number of amides is 1. The third-order valence-electron chi connectivity index (χ3n) is 4.67. The molecule has 0 saturated carbocycles. The van der Waals surface area contributed by atoms with Crippen LogP contribution < -0.4 is 4.90 Å². The molecule has 124 valence electrons. The summed E-state index contributed by atoms with van der Waals surface area (Å²) in [6.07, 6.45) is 3.35. The lowest BCUT2D eigenvalue weighted by atomic mass is 9.83. The Morgan fingerprint density at radius 1 is 1.08 bits per heavy atom. The summed E-state index contributed by atoms with van der Waals surface area (Å²) >= 11 is 0. The van der Waals surface area contributed by atoms with E-state index in [1.54, 1.807) is 0 Å². The standard InChI is InChI=1S/C22H25NO/c1-5-10-17-15-16-11-6-8-13-19(16)23(21(17)24)20-14-9-7-12-18(20)22(2,3)4/h5-9,11-14,17H,1,10,15H2,2-4H3/t17-/m1/s1. The molecular weight excluding hydrogens is 294 g/mol. The maximum Gasteiger partial charge on any atom is 0.235 e. The smallest absolute Gasteiger partial charge is 0.235 e. The van der Waals surface area contributed by atoms with Crippen molar-refractivity contribution in [2.75, 3.05) is 4.90 Å². The molecule has 1 atom stereocenters. The van der Waals surface area contributed by atoms with Crippen molar-refractivity contribution < 1.29 is 4.79 Å². The zero-order valence-electron chi connectivity index (χ0n) is 14.8. The predicted octanol–water partition coefficient (Wildman–Crippen LogP) is 5.40. The van der Waals surface area contributed by atoms with E-state index >= 15 is 0 Å². The summed E-state index contributed by atoms with van der Waals surface area (Å²) in [7, 11) is 0.